The second-order valence-corrected chi connectivity index (χ2v) is 4.46. The number of fused-ring (bicyclic) bond motifs is 1. The van der Waals surface area contributed by atoms with Crippen molar-refractivity contribution in [2.24, 2.45) is 0 Å². The number of nitrogens with zero attached hydrogens (tertiary/aromatic N) is 5. The summed E-state index contributed by atoms with van der Waals surface area (Å²) in [6, 6.07) is 8.18. The first kappa shape index (κ1) is 13.3. The maximum absolute atomic E-state index is 5.51. The van der Waals surface area contributed by atoms with E-state index in [1.807, 2.05) is 31.2 Å². The van der Waals surface area contributed by atoms with Gasteiger partial charge in [0, 0.05) is 12.4 Å². The molecule has 2 heterocycles. The van der Waals surface area contributed by atoms with Crippen molar-refractivity contribution in [3.8, 4) is 12.0 Å². The molecule has 7 nitrogen and oxygen atoms in total. The molecule has 1 aromatic carbocycles. The lowest BCUT2D eigenvalue weighted by molar-refractivity contribution is 0.291. The Hall–Kier alpha value is -2.70. The molecule has 0 saturated carbocycles. The molecule has 0 bridgehead atoms. The van der Waals surface area contributed by atoms with E-state index >= 15 is 0 Å². The Balaban J connectivity index is 2.08. The Bertz CT molecular complexity index is 754. The van der Waals surface area contributed by atoms with Gasteiger partial charge in [0.05, 0.1) is 18.3 Å². The first-order valence-electron chi connectivity index (χ1n) is 6.81. The van der Waals surface area contributed by atoms with Gasteiger partial charge in [-0.2, -0.15) is 24.7 Å². The molecule has 3 aromatic rings. The minimum atomic E-state index is 0.297. The SMILES string of the molecule is CCCOc1nc(NC)nc(-n2ncc3ccccc32)n1. The van der Waals surface area contributed by atoms with E-state index in [9.17, 15) is 0 Å². The highest BCUT2D eigenvalue weighted by Crippen LogP contribution is 2.17. The van der Waals surface area contributed by atoms with Crippen molar-refractivity contribution < 1.29 is 4.74 Å². The summed E-state index contributed by atoms with van der Waals surface area (Å²) >= 11 is 0. The monoisotopic (exact) mass is 284 g/mol. The van der Waals surface area contributed by atoms with E-state index in [2.05, 4.69) is 25.4 Å². The molecule has 0 radical (unpaired) electrons. The van der Waals surface area contributed by atoms with Crippen molar-refractivity contribution in [2.75, 3.05) is 19.0 Å². The highest BCUT2D eigenvalue weighted by atomic mass is 16.5. The minimum Gasteiger partial charge on any atom is -0.463 e. The predicted octanol–water partition coefficient (Wildman–Crippen LogP) is 2.04. The van der Waals surface area contributed by atoms with Crippen LogP contribution in [0.15, 0.2) is 30.5 Å². The second-order valence-electron chi connectivity index (χ2n) is 4.46. The summed E-state index contributed by atoms with van der Waals surface area (Å²) in [4.78, 5) is 12.8. The number of hydrogen-bond acceptors (Lipinski definition) is 6. The molecule has 0 fully saturated rings. The van der Waals surface area contributed by atoms with Crippen LogP contribution in [-0.2, 0) is 0 Å². The third kappa shape index (κ3) is 2.62. The first-order valence-corrected chi connectivity index (χ1v) is 6.81. The summed E-state index contributed by atoms with van der Waals surface area (Å²) < 4.78 is 7.18. The number of benzene rings is 1. The highest BCUT2D eigenvalue weighted by Gasteiger charge is 2.11. The van der Waals surface area contributed by atoms with Crippen LogP contribution in [0.25, 0.3) is 16.9 Å². The smallest absolute Gasteiger partial charge is 0.323 e. The van der Waals surface area contributed by atoms with Crippen LogP contribution < -0.4 is 10.1 Å². The van der Waals surface area contributed by atoms with Gasteiger partial charge in [0.15, 0.2) is 0 Å². The molecule has 3 rings (SSSR count). The molecule has 0 aliphatic carbocycles. The zero-order chi connectivity index (χ0) is 14.7. The molecule has 0 spiro atoms. The molecule has 0 amide bonds. The third-order valence-electron chi connectivity index (χ3n) is 2.93. The molecule has 2 aromatic heterocycles. The van der Waals surface area contributed by atoms with E-state index in [0.717, 1.165) is 17.3 Å². The number of rotatable bonds is 5. The Labute approximate surface area is 122 Å². The predicted molar refractivity (Wildman–Crippen MR) is 79.8 cm³/mol. The Morgan fingerprint density at radius 3 is 2.86 bits per heavy atom. The molecule has 0 aliphatic rings. The number of anilines is 1. The Kier molecular flexibility index (Phi) is 3.63. The van der Waals surface area contributed by atoms with Gasteiger partial charge in [-0.3, -0.25) is 0 Å². The van der Waals surface area contributed by atoms with Crippen LogP contribution in [0.2, 0.25) is 0 Å². The van der Waals surface area contributed by atoms with Crippen LogP contribution in [0.3, 0.4) is 0 Å². The number of ether oxygens (including phenoxy) is 1. The maximum atomic E-state index is 5.51. The molecule has 1 N–H and O–H groups in total. The van der Waals surface area contributed by atoms with Crippen LogP contribution >= 0.6 is 0 Å². The molecule has 7 heteroatoms. The van der Waals surface area contributed by atoms with E-state index in [0.29, 0.717) is 24.5 Å². The average molecular weight is 284 g/mol. The molecule has 0 saturated heterocycles. The normalized spacial score (nSPS) is 10.8. The van der Waals surface area contributed by atoms with Crippen molar-refractivity contribution >= 4 is 16.9 Å². The van der Waals surface area contributed by atoms with E-state index in [1.165, 1.54) is 0 Å². The van der Waals surface area contributed by atoms with Crippen molar-refractivity contribution in [1.82, 2.24) is 24.7 Å². The van der Waals surface area contributed by atoms with Gasteiger partial charge in [-0.15, -0.1) is 0 Å². The quantitative estimate of drug-likeness (QED) is 0.772. The first-order chi connectivity index (χ1) is 10.3. The molecule has 0 aliphatic heterocycles. The Morgan fingerprint density at radius 1 is 1.19 bits per heavy atom. The highest BCUT2D eigenvalue weighted by molar-refractivity contribution is 5.79. The fraction of sp³-hybridized carbons (Fsp3) is 0.286. The lowest BCUT2D eigenvalue weighted by Gasteiger charge is -2.07. The molecular weight excluding hydrogens is 268 g/mol. The summed E-state index contributed by atoms with van der Waals surface area (Å²) in [7, 11) is 1.75. The molecule has 21 heavy (non-hydrogen) atoms. The topological polar surface area (TPSA) is 77.8 Å². The van der Waals surface area contributed by atoms with Gasteiger partial charge in [-0.05, 0) is 12.5 Å². The summed E-state index contributed by atoms with van der Waals surface area (Å²) in [5.41, 5.74) is 0.937. The Morgan fingerprint density at radius 2 is 2.05 bits per heavy atom. The summed E-state index contributed by atoms with van der Waals surface area (Å²) in [5, 5.41) is 8.28. The van der Waals surface area contributed by atoms with Crippen LogP contribution in [0.1, 0.15) is 13.3 Å². The van der Waals surface area contributed by atoms with E-state index in [4.69, 9.17) is 4.74 Å². The van der Waals surface area contributed by atoms with Crippen molar-refractivity contribution in [3.63, 3.8) is 0 Å². The fourth-order valence-electron chi connectivity index (χ4n) is 1.94. The third-order valence-corrected chi connectivity index (χ3v) is 2.93. The van der Waals surface area contributed by atoms with Gasteiger partial charge in [0.25, 0.3) is 5.95 Å². The van der Waals surface area contributed by atoms with Crippen LogP contribution in [0.5, 0.6) is 6.01 Å². The van der Waals surface area contributed by atoms with Crippen molar-refractivity contribution in [3.05, 3.63) is 30.5 Å². The van der Waals surface area contributed by atoms with Crippen molar-refractivity contribution in [2.45, 2.75) is 13.3 Å². The number of aromatic nitrogens is 5. The standard InChI is InChI=1S/C14H16N6O/c1-3-8-21-14-18-12(15-2)17-13(19-14)20-11-7-5-4-6-10(11)9-16-20/h4-7,9H,3,8H2,1-2H3,(H,15,17,18,19). The van der Waals surface area contributed by atoms with Crippen LogP contribution in [0.4, 0.5) is 5.95 Å². The molecule has 0 atom stereocenters. The van der Waals surface area contributed by atoms with E-state index < -0.39 is 0 Å². The van der Waals surface area contributed by atoms with Gasteiger partial charge in [-0.25, -0.2) is 0 Å². The van der Waals surface area contributed by atoms with E-state index in [-0.39, 0.29) is 0 Å². The largest absolute Gasteiger partial charge is 0.463 e. The van der Waals surface area contributed by atoms with Gasteiger partial charge in [0.1, 0.15) is 0 Å². The van der Waals surface area contributed by atoms with Crippen molar-refractivity contribution in [1.29, 1.82) is 0 Å². The number of hydrogen-bond donors (Lipinski definition) is 1. The molecule has 108 valence electrons. The number of nitrogens with one attached hydrogen (secondary N) is 1. The van der Waals surface area contributed by atoms with Gasteiger partial charge in [-0.1, -0.05) is 25.1 Å². The summed E-state index contributed by atoms with van der Waals surface area (Å²) in [6.45, 7) is 2.59. The zero-order valence-corrected chi connectivity index (χ0v) is 11.9. The summed E-state index contributed by atoms with van der Waals surface area (Å²) in [6.07, 6.45) is 2.67. The lowest BCUT2D eigenvalue weighted by atomic mass is 10.3. The van der Waals surface area contributed by atoms with Gasteiger partial charge < -0.3 is 10.1 Å². The molecule has 0 unspecified atom stereocenters. The maximum Gasteiger partial charge on any atom is 0.323 e. The van der Waals surface area contributed by atoms with E-state index in [1.54, 1.807) is 17.9 Å². The molecular formula is C14H16N6O. The zero-order valence-electron chi connectivity index (χ0n) is 11.9. The second kappa shape index (κ2) is 5.74. The number of para-hydroxylation sites is 1. The minimum absolute atomic E-state index is 0.297. The summed E-state index contributed by atoms with van der Waals surface area (Å²) in [5.74, 6) is 0.882. The lowest BCUT2D eigenvalue weighted by Crippen LogP contribution is -2.10. The fourth-order valence-corrected chi connectivity index (χ4v) is 1.94. The van der Waals surface area contributed by atoms with Gasteiger partial charge >= 0.3 is 6.01 Å². The average Bonchev–Trinajstić information content (AvgIpc) is 2.96. The van der Waals surface area contributed by atoms with Gasteiger partial charge in [0.2, 0.25) is 5.95 Å². The van der Waals surface area contributed by atoms with Crippen LogP contribution in [-0.4, -0.2) is 38.4 Å². The van der Waals surface area contributed by atoms with Crippen LogP contribution in [0, 0.1) is 0 Å².